The summed E-state index contributed by atoms with van der Waals surface area (Å²) in [6, 6.07) is 3.47. The summed E-state index contributed by atoms with van der Waals surface area (Å²) in [6.07, 6.45) is 5.82. The number of sulfonamides is 1. The summed E-state index contributed by atoms with van der Waals surface area (Å²) in [4.78, 5) is -0.430. The number of nitrogen functional groups attached to an aromatic ring is 1. The van der Waals surface area contributed by atoms with Gasteiger partial charge in [0.1, 0.15) is 10.7 Å². The van der Waals surface area contributed by atoms with Crippen molar-refractivity contribution in [3.8, 4) is 0 Å². The van der Waals surface area contributed by atoms with E-state index in [9.17, 15) is 12.8 Å². The number of hydrogen-bond donors (Lipinski definition) is 2. The van der Waals surface area contributed by atoms with E-state index in [2.05, 4.69) is 4.72 Å². The van der Waals surface area contributed by atoms with Crippen LogP contribution in [0.3, 0.4) is 0 Å². The Hall–Kier alpha value is -1.18. The van der Waals surface area contributed by atoms with Crippen molar-refractivity contribution < 1.29 is 17.5 Å². The molecule has 21 heavy (non-hydrogen) atoms. The second kappa shape index (κ2) is 7.20. The minimum absolute atomic E-state index is 0.118. The van der Waals surface area contributed by atoms with Crippen LogP contribution in [0.1, 0.15) is 32.1 Å². The second-order valence-electron chi connectivity index (χ2n) is 5.22. The van der Waals surface area contributed by atoms with Crippen molar-refractivity contribution in [1.82, 2.24) is 4.72 Å². The van der Waals surface area contributed by atoms with Crippen molar-refractivity contribution in [3.63, 3.8) is 0 Å². The van der Waals surface area contributed by atoms with Gasteiger partial charge in [-0.1, -0.05) is 19.3 Å². The molecule has 0 heterocycles. The van der Waals surface area contributed by atoms with E-state index in [0.717, 1.165) is 37.8 Å². The minimum atomic E-state index is -3.90. The van der Waals surface area contributed by atoms with Gasteiger partial charge in [0.15, 0.2) is 0 Å². The highest BCUT2D eigenvalue weighted by Crippen LogP contribution is 2.20. The first-order valence-corrected chi connectivity index (χ1v) is 8.63. The molecule has 1 aliphatic rings. The van der Waals surface area contributed by atoms with Gasteiger partial charge in [-0.25, -0.2) is 17.5 Å². The predicted molar refractivity (Wildman–Crippen MR) is 78.8 cm³/mol. The first kappa shape index (κ1) is 16.2. The van der Waals surface area contributed by atoms with E-state index in [0.29, 0.717) is 0 Å². The molecule has 1 aliphatic carbocycles. The number of rotatable bonds is 6. The fraction of sp³-hybridized carbons (Fsp3) is 0.571. The highest BCUT2D eigenvalue weighted by atomic mass is 32.2. The first-order valence-electron chi connectivity index (χ1n) is 7.15. The molecule has 1 aromatic rings. The molecule has 7 heteroatoms. The van der Waals surface area contributed by atoms with Crippen molar-refractivity contribution in [2.75, 3.05) is 18.9 Å². The second-order valence-corrected chi connectivity index (χ2v) is 6.95. The number of nitrogens with one attached hydrogen (secondary N) is 1. The maximum absolute atomic E-state index is 13.6. The van der Waals surface area contributed by atoms with Crippen molar-refractivity contribution >= 4 is 15.7 Å². The topological polar surface area (TPSA) is 81.4 Å². The largest absolute Gasteiger partial charge is 0.399 e. The highest BCUT2D eigenvalue weighted by molar-refractivity contribution is 7.89. The van der Waals surface area contributed by atoms with E-state index in [1.165, 1.54) is 12.5 Å². The van der Waals surface area contributed by atoms with Crippen LogP contribution in [0.25, 0.3) is 0 Å². The third-order valence-corrected chi connectivity index (χ3v) is 5.02. The lowest BCUT2D eigenvalue weighted by atomic mass is 9.98. The van der Waals surface area contributed by atoms with Crippen LogP contribution in [0.15, 0.2) is 23.1 Å². The van der Waals surface area contributed by atoms with Crippen LogP contribution in [0.5, 0.6) is 0 Å². The normalized spacial score (nSPS) is 17.0. The fourth-order valence-electron chi connectivity index (χ4n) is 2.44. The van der Waals surface area contributed by atoms with Gasteiger partial charge in [-0.3, -0.25) is 0 Å². The predicted octanol–water partition coefficient (Wildman–Crippen LogP) is 2.04. The molecule has 5 nitrogen and oxygen atoms in total. The molecule has 118 valence electrons. The summed E-state index contributed by atoms with van der Waals surface area (Å²) in [5.41, 5.74) is 5.70. The minimum Gasteiger partial charge on any atom is -0.399 e. The standard InChI is InChI=1S/C14H21FN2O3S/c15-13-7-6-11(16)10-14(13)21(18,19)17-8-9-20-12-4-2-1-3-5-12/h6-7,10,12,17H,1-5,8-9,16H2. The summed E-state index contributed by atoms with van der Waals surface area (Å²) in [5, 5.41) is 0. The van der Waals surface area contributed by atoms with Gasteiger partial charge >= 0.3 is 0 Å². The molecule has 0 aromatic heterocycles. The Morgan fingerprint density at radius 2 is 2.00 bits per heavy atom. The van der Waals surface area contributed by atoms with Crippen molar-refractivity contribution in [1.29, 1.82) is 0 Å². The molecule has 0 saturated heterocycles. The molecule has 0 bridgehead atoms. The summed E-state index contributed by atoms with van der Waals surface area (Å²) < 4.78 is 45.5. The zero-order valence-electron chi connectivity index (χ0n) is 11.8. The summed E-state index contributed by atoms with van der Waals surface area (Å²) in [5.74, 6) is -0.815. The number of nitrogens with two attached hydrogens (primary N) is 1. The highest BCUT2D eigenvalue weighted by Gasteiger charge is 2.19. The van der Waals surface area contributed by atoms with Gasteiger partial charge in [0, 0.05) is 12.2 Å². The van der Waals surface area contributed by atoms with Crippen LogP contribution in [-0.4, -0.2) is 27.7 Å². The van der Waals surface area contributed by atoms with E-state index in [1.54, 1.807) is 0 Å². The first-order chi connectivity index (χ1) is 9.99. The Bertz CT molecular complexity index is 572. The summed E-state index contributed by atoms with van der Waals surface area (Å²) >= 11 is 0. The zero-order valence-corrected chi connectivity index (χ0v) is 12.7. The Kier molecular flexibility index (Phi) is 5.55. The summed E-state index contributed by atoms with van der Waals surface area (Å²) in [7, 11) is -3.90. The fourth-order valence-corrected chi connectivity index (χ4v) is 3.56. The molecule has 0 radical (unpaired) electrons. The molecule has 0 amide bonds. The molecule has 0 atom stereocenters. The Morgan fingerprint density at radius 1 is 1.29 bits per heavy atom. The number of anilines is 1. The molecule has 3 N–H and O–H groups in total. The number of halogens is 1. The van der Waals surface area contributed by atoms with Gasteiger partial charge in [-0.15, -0.1) is 0 Å². The number of hydrogen-bond acceptors (Lipinski definition) is 4. The van der Waals surface area contributed by atoms with Crippen LogP contribution < -0.4 is 10.5 Å². The van der Waals surface area contributed by atoms with Crippen molar-refractivity contribution in [3.05, 3.63) is 24.0 Å². The third kappa shape index (κ3) is 4.66. The molecule has 0 spiro atoms. The van der Waals surface area contributed by atoms with Crippen molar-refractivity contribution in [2.24, 2.45) is 0 Å². The average molecular weight is 316 g/mol. The van der Waals surface area contributed by atoms with Crippen LogP contribution in [0.2, 0.25) is 0 Å². The molecular weight excluding hydrogens is 295 g/mol. The molecular formula is C14H21FN2O3S. The van der Waals surface area contributed by atoms with Gasteiger partial charge < -0.3 is 10.5 Å². The SMILES string of the molecule is Nc1ccc(F)c(S(=O)(=O)NCCOC2CCCCC2)c1. The number of benzene rings is 1. The van der Waals surface area contributed by atoms with Gasteiger partial charge in [-0.05, 0) is 31.0 Å². The quantitative estimate of drug-likeness (QED) is 0.621. The molecule has 1 fully saturated rings. The Labute approximate surface area is 124 Å². The number of ether oxygens (including phenoxy) is 1. The maximum Gasteiger partial charge on any atom is 0.243 e. The van der Waals surface area contributed by atoms with Crippen LogP contribution >= 0.6 is 0 Å². The van der Waals surface area contributed by atoms with E-state index in [-0.39, 0.29) is 24.9 Å². The average Bonchev–Trinajstić information content (AvgIpc) is 2.47. The van der Waals surface area contributed by atoms with Crippen molar-refractivity contribution in [2.45, 2.75) is 43.1 Å². The molecule has 1 saturated carbocycles. The monoisotopic (exact) mass is 316 g/mol. The molecule has 0 aliphatic heterocycles. The van der Waals surface area contributed by atoms with Crippen LogP contribution in [0, 0.1) is 5.82 Å². The van der Waals surface area contributed by atoms with E-state index >= 15 is 0 Å². The van der Waals surface area contributed by atoms with E-state index in [4.69, 9.17) is 10.5 Å². The third-order valence-electron chi connectivity index (χ3n) is 3.54. The van der Waals surface area contributed by atoms with Gasteiger partial charge in [0.05, 0.1) is 12.7 Å². The van der Waals surface area contributed by atoms with Gasteiger partial charge in [0.2, 0.25) is 10.0 Å². The van der Waals surface area contributed by atoms with Crippen LogP contribution in [0.4, 0.5) is 10.1 Å². The van der Waals surface area contributed by atoms with E-state index in [1.807, 2.05) is 0 Å². The lowest BCUT2D eigenvalue weighted by molar-refractivity contribution is 0.0321. The lowest BCUT2D eigenvalue weighted by Crippen LogP contribution is -2.30. The zero-order chi connectivity index (χ0) is 15.3. The van der Waals surface area contributed by atoms with Crippen LogP contribution in [-0.2, 0) is 14.8 Å². The summed E-state index contributed by atoms with van der Waals surface area (Å²) in [6.45, 7) is 0.404. The smallest absolute Gasteiger partial charge is 0.243 e. The molecule has 1 aromatic carbocycles. The van der Waals surface area contributed by atoms with Gasteiger partial charge in [0.25, 0.3) is 0 Å². The Morgan fingerprint density at radius 3 is 2.71 bits per heavy atom. The molecule has 2 rings (SSSR count). The van der Waals surface area contributed by atoms with E-state index < -0.39 is 20.7 Å². The molecule has 0 unspecified atom stereocenters. The van der Waals surface area contributed by atoms with Gasteiger partial charge in [-0.2, -0.15) is 0 Å². The maximum atomic E-state index is 13.6. The Balaban J connectivity index is 1.85. The lowest BCUT2D eigenvalue weighted by Gasteiger charge is -2.22.